The van der Waals surface area contributed by atoms with Crippen LogP contribution in [0.1, 0.15) is 40.6 Å². The van der Waals surface area contributed by atoms with E-state index < -0.39 is 0 Å². The molecule has 0 amide bonds. The summed E-state index contributed by atoms with van der Waals surface area (Å²) in [5.41, 5.74) is 3.49. The molecule has 25 heavy (non-hydrogen) atoms. The van der Waals surface area contributed by atoms with Crippen molar-refractivity contribution in [1.82, 2.24) is 24.8 Å². The largest absolute Gasteiger partial charge is 0.345 e. The zero-order valence-electron chi connectivity index (χ0n) is 14.1. The molecule has 0 N–H and O–H groups in total. The lowest BCUT2D eigenvalue weighted by atomic mass is 10.1. The van der Waals surface area contributed by atoms with Gasteiger partial charge in [-0.2, -0.15) is 4.80 Å². The molecule has 0 aliphatic heterocycles. The molecule has 1 saturated carbocycles. The van der Waals surface area contributed by atoms with Crippen LogP contribution in [0.2, 0.25) is 0 Å². The molecule has 1 fully saturated rings. The minimum Gasteiger partial charge on any atom is -0.345 e. The van der Waals surface area contributed by atoms with Gasteiger partial charge in [0.15, 0.2) is 5.78 Å². The first-order valence-corrected chi connectivity index (χ1v) is 8.28. The summed E-state index contributed by atoms with van der Waals surface area (Å²) >= 11 is 0. The Morgan fingerprint density at radius 1 is 1.24 bits per heavy atom. The molecule has 3 aromatic rings. The highest BCUT2D eigenvalue weighted by atomic mass is 19.1. The summed E-state index contributed by atoms with van der Waals surface area (Å²) in [4.78, 5) is 13.9. The maximum atomic E-state index is 13.0. The molecule has 1 aliphatic rings. The lowest BCUT2D eigenvalue weighted by Crippen LogP contribution is -2.14. The van der Waals surface area contributed by atoms with E-state index in [4.69, 9.17) is 0 Å². The third kappa shape index (κ3) is 2.97. The van der Waals surface area contributed by atoms with E-state index in [9.17, 15) is 9.18 Å². The molecular weight excluding hydrogens is 321 g/mol. The number of halogens is 1. The van der Waals surface area contributed by atoms with Crippen molar-refractivity contribution in [2.24, 2.45) is 0 Å². The number of hydrogen-bond donors (Lipinski definition) is 0. The molecular formula is C18H18FN5O. The third-order valence-corrected chi connectivity index (χ3v) is 4.54. The smallest absolute Gasteiger partial charge is 0.204 e. The Bertz CT molecular complexity index is 937. The number of aryl methyl sites for hydroxylation is 1. The molecule has 2 aromatic heterocycles. The predicted octanol–water partition coefficient (Wildman–Crippen LogP) is 3.12. The van der Waals surface area contributed by atoms with E-state index in [-0.39, 0.29) is 18.1 Å². The zero-order valence-corrected chi connectivity index (χ0v) is 14.1. The molecule has 0 spiro atoms. The van der Waals surface area contributed by atoms with Crippen molar-refractivity contribution in [1.29, 1.82) is 0 Å². The topological polar surface area (TPSA) is 65.6 Å². The fraction of sp³-hybridized carbons (Fsp3) is 0.333. The lowest BCUT2D eigenvalue weighted by Gasteiger charge is -2.07. The van der Waals surface area contributed by atoms with E-state index in [2.05, 4.69) is 20.0 Å². The average Bonchev–Trinajstić information content (AvgIpc) is 3.23. The van der Waals surface area contributed by atoms with Gasteiger partial charge in [0.25, 0.3) is 0 Å². The maximum absolute atomic E-state index is 13.0. The van der Waals surface area contributed by atoms with Crippen LogP contribution in [0, 0.1) is 19.7 Å². The van der Waals surface area contributed by atoms with Gasteiger partial charge in [-0.3, -0.25) is 4.79 Å². The van der Waals surface area contributed by atoms with Crippen LogP contribution in [-0.2, 0) is 6.54 Å². The SMILES string of the molecule is Cc1cc(C(=O)Cn2nnc(-c3ccc(F)cc3)n2)c(C)n1C1CC1. The van der Waals surface area contributed by atoms with Gasteiger partial charge in [0.05, 0.1) is 0 Å². The number of ketones is 1. The van der Waals surface area contributed by atoms with E-state index in [1.54, 1.807) is 12.1 Å². The molecule has 2 heterocycles. The summed E-state index contributed by atoms with van der Waals surface area (Å²) in [6.45, 7) is 4.04. The maximum Gasteiger partial charge on any atom is 0.204 e. The van der Waals surface area contributed by atoms with Crippen LogP contribution in [0.3, 0.4) is 0 Å². The van der Waals surface area contributed by atoms with Crippen molar-refractivity contribution in [3.8, 4) is 11.4 Å². The molecule has 6 nitrogen and oxygen atoms in total. The second-order valence-electron chi connectivity index (χ2n) is 6.46. The summed E-state index contributed by atoms with van der Waals surface area (Å²) in [5.74, 6) is 0.0108. The highest BCUT2D eigenvalue weighted by Crippen LogP contribution is 2.38. The molecule has 1 aliphatic carbocycles. The zero-order chi connectivity index (χ0) is 17.6. The first kappa shape index (κ1) is 15.7. The van der Waals surface area contributed by atoms with Gasteiger partial charge in [-0.15, -0.1) is 10.2 Å². The molecule has 0 bridgehead atoms. The Morgan fingerprint density at radius 3 is 2.64 bits per heavy atom. The summed E-state index contributed by atoms with van der Waals surface area (Å²) in [5, 5.41) is 12.1. The number of benzene rings is 1. The van der Waals surface area contributed by atoms with Gasteiger partial charge in [0.2, 0.25) is 5.82 Å². The number of nitrogens with zero attached hydrogens (tertiary/aromatic N) is 5. The van der Waals surface area contributed by atoms with Crippen LogP contribution in [-0.4, -0.2) is 30.6 Å². The van der Waals surface area contributed by atoms with E-state index >= 15 is 0 Å². The van der Waals surface area contributed by atoms with Gasteiger partial charge < -0.3 is 4.57 Å². The summed E-state index contributed by atoms with van der Waals surface area (Å²) in [7, 11) is 0. The molecule has 0 unspecified atom stereocenters. The van der Waals surface area contributed by atoms with Crippen molar-refractivity contribution in [3.63, 3.8) is 0 Å². The normalized spacial score (nSPS) is 14.0. The van der Waals surface area contributed by atoms with E-state index in [0.29, 0.717) is 23.0 Å². The van der Waals surface area contributed by atoms with Gasteiger partial charge >= 0.3 is 0 Å². The van der Waals surface area contributed by atoms with Crippen molar-refractivity contribution in [2.45, 2.75) is 39.3 Å². The number of carbonyl (C=O) groups is 1. The summed E-state index contributed by atoms with van der Waals surface area (Å²) in [6.07, 6.45) is 2.35. The first-order valence-electron chi connectivity index (χ1n) is 8.28. The van der Waals surface area contributed by atoms with Crippen molar-refractivity contribution < 1.29 is 9.18 Å². The monoisotopic (exact) mass is 339 g/mol. The van der Waals surface area contributed by atoms with E-state index in [1.165, 1.54) is 29.8 Å². The number of aromatic nitrogens is 5. The predicted molar refractivity (Wildman–Crippen MR) is 89.7 cm³/mol. The number of tetrazole rings is 1. The van der Waals surface area contributed by atoms with Crippen molar-refractivity contribution in [2.75, 3.05) is 0 Å². The molecule has 128 valence electrons. The van der Waals surface area contributed by atoms with Gasteiger partial charge in [0.1, 0.15) is 12.4 Å². The fourth-order valence-electron chi connectivity index (χ4n) is 3.19. The Balaban J connectivity index is 1.54. The number of rotatable bonds is 5. The Morgan fingerprint density at radius 2 is 1.96 bits per heavy atom. The molecule has 7 heteroatoms. The second-order valence-corrected chi connectivity index (χ2v) is 6.46. The molecule has 0 atom stereocenters. The van der Waals surface area contributed by atoms with Crippen LogP contribution in [0.4, 0.5) is 4.39 Å². The summed E-state index contributed by atoms with van der Waals surface area (Å²) in [6, 6.07) is 8.33. The highest BCUT2D eigenvalue weighted by molar-refractivity contribution is 5.97. The molecule has 4 rings (SSSR count). The lowest BCUT2D eigenvalue weighted by molar-refractivity contribution is 0.0960. The number of carbonyl (C=O) groups excluding carboxylic acids is 1. The fourth-order valence-corrected chi connectivity index (χ4v) is 3.19. The number of Topliss-reactive ketones (excluding diaryl/α,β-unsaturated/α-hetero) is 1. The Kier molecular flexibility index (Phi) is 3.71. The van der Waals surface area contributed by atoms with E-state index in [0.717, 1.165) is 11.4 Å². The number of hydrogen-bond acceptors (Lipinski definition) is 4. The Hall–Kier alpha value is -2.83. The van der Waals surface area contributed by atoms with Gasteiger partial charge in [0, 0.05) is 28.6 Å². The van der Waals surface area contributed by atoms with Gasteiger partial charge in [-0.05, 0) is 62.2 Å². The highest BCUT2D eigenvalue weighted by Gasteiger charge is 2.28. The van der Waals surface area contributed by atoms with Crippen LogP contribution in [0.5, 0.6) is 0 Å². The van der Waals surface area contributed by atoms with Crippen LogP contribution < -0.4 is 0 Å². The molecule has 1 aromatic carbocycles. The molecule has 0 saturated heterocycles. The van der Waals surface area contributed by atoms with Crippen molar-refractivity contribution >= 4 is 5.78 Å². The van der Waals surface area contributed by atoms with Crippen LogP contribution >= 0.6 is 0 Å². The standard InChI is InChI=1S/C18H18FN5O/c1-11-9-16(12(2)24(11)15-7-8-15)17(25)10-23-21-18(20-22-23)13-3-5-14(19)6-4-13/h3-6,9,15H,7-8,10H2,1-2H3. The van der Waals surface area contributed by atoms with Gasteiger partial charge in [-0.1, -0.05) is 0 Å². The minimum absolute atomic E-state index is 0.0309. The average molecular weight is 339 g/mol. The quantitative estimate of drug-likeness (QED) is 0.670. The molecule has 0 radical (unpaired) electrons. The Labute approximate surface area is 144 Å². The first-order chi connectivity index (χ1) is 12.0. The van der Waals surface area contributed by atoms with Crippen LogP contribution in [0.15, 0.2) is 30.3 Å². The van der Waals surface area contributed by atoms with Crippen LogP contribution in [0.25, 0.3) is 11.4 Å². The van der Waals surface area contributed by atoms with Gasteiger partial charge in [-0.25, -0.2) is 4.39 Å². The van der Waals surface area contributed by atoms with Crippen molar-refractivity contribution in [3.05, 3.63) is 53.1 Å². The second kappa shape index (κ2) is 5.91. The summed E-state index contributed by atoms with van der Waals surface area (Å²) < 4.78 is 15.2. The minimum atomic E-state index is -0.322. The van der Waals surface area contributed by atoms with E-state index in [1.807, 2.05) is 19.9 Å². The third-order valence-electron chi connectivity index (χ3n) is 4.54.